The van der Waals surface area contributed by atoms with Crippen molar-refractivity contribution in [3.8, 4) is 5.75 Å². The molecule has 0 aliphatic rings. The Hall–Kier alpha value is -0.220. The molecule has 0 fully saturated rings. The number of ether oxygens (including phenoxy) is 1. The van der Waals surface area contributed by atoms with Crippen LogP contribution in [0.15, 0.2) is 4.60 Å². The van der Waals surface area contributed by atoms with Gasteiger partial charge in [0.25, 0.3) is 0 Å². The van der Waals surface area contributed by atoms with Crippen molar-refractivity contribution < 1.29 is 4.74 Å². The van der Waals surface area contributed by atoms with Gasteiger partial charge >= 0.3 is 0 Å². The molecule has 1 aromatic rings. The van der Waals surface area contributed by atoms with Crippen LogP contribution in [0.3, 0.4) is 0 Å². The van der Waals surface area contributed by atoms with Gasteiger partial charge < -0.3 is 4.74 Å². The lowest BCUT2D eigenvalue weighted by atomic mass is 10.1. The molecule has 1 heterocycles. The van der Waals surface area contributed by atoms with Crippen LogP contribution in [-0.4, -0.2) is 16.9 Å². The molecule has 1 rings (SSSR count). The molecular formula is C8H12BrClN2O. The second kappa shape index (κ2) is 3.50. The highest BCUT2D eigenvalue weighted by atomic mass is 79.9. The molecule has 0 bridgehead atoms. The van der Waals surface area contributed by atoms with Crippen LogP contribution < -0.4 is 4.74 Å². The Morgan fingerprint density at radius 1 is 1.46 bits per heavy atom. The second-order valence-electron chi connectivity index (χ2n) is 3.70. The third-order valence-electron chi connectivity index (χ3n) is 1.59. The van der Waals surface area contributed by atoms with Gasteiger partial charge in [-0.3, -0.25) is 0 Å². The quantitative estimate of drug-likeness (QED) is 0.782. The van der Waals surface area contributed by atoms with Crippen molar-refractivity contribution in [3.05, 3.63) is 9.76 Å². The van der Waals surface area contributed by atoms with E-state index in [9.17, 15) is 0 Å². The van der Waals surface area contributed by atoms with Gasteiger partial charge in [-0.05, 0) is 36.7 Å². The maximum Gasteiger partial charge on any atom is 0.194 e. The van der Waals surface area contributed by atoms with Gasteiger partial charge in [0, 0.05) is 0 Å². The highest BCUT2D eigenvalue weighted by Crippen LogP contribution is 2.35. The zero-order chi connectivity index (χ0) is 10.2. The van der Waals surface area contributed by atoms with Crippen molar-refractivity contribution >= 4 is 27.5 Å². The van der Waals surface area contributed by atoms with E-state index in [2.05, 4.69) is 21.0 Å². The van der Waals surface area contributed by atoms with Crippen LogP contribution in [0, 0.1) is 0 Å². The number of rotatable bonds is 1. The topological polar surface area (TPSA) is 27.1 Å². The third-order valence-corrected chi connectivity index (χ3v) is 2.53. The summed E-state index contributed by atoms with van der Waals surface area (Å²) < 4.78 is 7.65. The van der Waals surface area contributed by atoms with Crippen LogP contribution in [0.2, 0.25) is 5.15 Å². The fraction of sp³-hybridized carbons (Fsp3) is 0.625. The lowest BCUT2D eigenvalue weighted by Crippen LogP contribution is -2.23. The summed E-state index contributed by atoms with van der Waals surface area (Å²) in [4.78, 5) is 0. The van der Waals surface area contributed by atoms with E-state index in [1.54, 1.807) is 11.8 Å². The largest absolute Gasteiger partial charge is 0.491 e. The van der Waals surface area contributed by atoms with Crippen molar-refractivity contribution in [1.82, 2.24) is 9.78 Å². The predicted octanol–water partition coefficient (Wildman–Crippen LogP) is 3.06. The van der Waals surface area contributed by atoms with Crippen molar-refractivity contribution in [3.63, 3.8) is 0 Å². The van der Waals surface area contributed by atoms with Gasteiger partial charge in [-0.2, -0.15) is 5.10 Å². The zero-order valence-electron chi connectivity index (χ0n) is 8.06. The number of methoxy groups -OCH3 is 1. The summed E-state index contributed by atoms with van der Waals surface area (Å²) in [6.45, 7) is 6.13. The molecule has 0 saturated carbocycles. The molecule has 0 atom stereocenters. The van der Waals surface area contributed by atoms with E-state index in [0.717, 1.165) is 4.60 Å². The Morgan fingerprint density at radius 3 is 2.23 bits per heavy atom. The summed E-state index contributed by atoms with van der Waals surface area (Å²) in [5.74, 6) is 0.580. The standard InChI is InChI=1S/C8H12BrClN2O/c1-8(2,3)12-6(9)5(13-4)7(10)11-12/h1-4H3. The van der Waals surface area contributed by atoms with Crippen LogP contribution in [0.4, 0.5) is 0 Å². The van der Waals surface area contributed by atoms with Crippen LogP contribution in [0.5, 0.6) is 5.75 Å². The van der Waals surface area contributed by atoms with E-state index in [1.807, 2.05) is 20.8 Å². The van der Waals surface area contributed by atoms with Crippen molar-refractivity contribution in [2.75, 3.05) is 7.11 Å². The molecule has 0 radical (unpaired) electrons. The zero-order valence-corrected chi connectivity index (χ0v) is 10.4. The molecular weight excluding hydrogens is 255 g/mol. The first kappa shape index (κ1) is 10.9. The molecule has 1 aromatic heterocycles. The molecule has 0 aliphatic carbocycles. The van der Waals surface area contributed by atoms with Gasteiger partial charge in [0.1, 0.15) is 4.60 Å². The molecule has 74 valence electrons. The first-order valence-electron chi connectivity index (χ1n) is 3.86. The summed E-state index contributed by atoms with van der Waals surface area (Å²) in [6.07, 6.45) is 0. The van der Waals surface area contributed by atoms with Crippen LogP contribution in [-0.2, 0) is 5.54 Å². The molecule has 0 saturated heterocycles. The van der Waals surface area contributed by atoms with Crippen molar-refractivity contribution in [2.24, 2.45) is 0 Å². The Labute approximate surface area is 91.1 Å². The van der Waals surface area contributed by atoms with Crippen LogP contribution in [0.1, 0.15) is 20.8 Å². The number of hydrogen-bond acceptors (Lipinski definition) is 2. The van der Waals surface area contributed by atoms with Gasteiger partial charge in [-0.25, -0.2) is 4.68 Å². The maximum atomic E-state index is 5.87. The molecule has 0 N–H and O–H groups in total. The van der Waals surface area contributed by atoms with E-state index >= 15 is 0 Å². The van der Waals surface area contributed by atoms with E-state index in [4.69, 9.17) is 16.3 Å². The first-order chi connectivity index (χ1) is 5.88. The fourth-order valence-corrected chi connectivity index (χ4v) is 2.29. The molecule has 13 heavy (non-hydrogen) atoms. The lowest BCUT2D eigenvalue weighted by Gasteiger charge is -2.20. The van der Waals surface area contributed by atoms with Crippen LogP contribution in [0.25, 0.3) is 0 Å². The fourth-order valence-electron chi connectivity index (χ4n) is 0.971. The van der Waals surface area contributed by atoms with Gasteiger partial charge in [-0.15, -0.1) is 0 Å². The third kappa shape index (κ3) is 1.99. The van der Waals surface area contributed by atoms with E-state index < -0.39 is 0 Å². The smallest absolute Gasteiger partial charge is 0.194 e. The van der Waals surface area contributed by atoms with Crippen molar-refractivity contribution in [1.29, 1.82) is 0 Å². The SMILES string of the molecule is COc1c(Cl)nn(C(C)(C)C)c1Br. The highest BCUT2D eigenvalue weighted by Gasteiger charge is 2.23. The molecule has 0 aliphatic heterocycles. The van der Waals surface area contributed by atoms with Crippen LogP contribution >= 0.6 is 27.5 Å². The summed E-state index contributed by atoms with van der Waals surface area (Å²) >= 11 is 9.26. The highest BCUT2D eigenvalue weighted by molar-refractivity contribution is 9.10. The number of halogens is 2. The molecule has 0 unspecified atom stereocenters. The van der Waals surface area contributed by atoms with E-state index in [1.165, 1.54) is 0 Å². The lowest BCUT2D eigenvalue weighted by molar-refractivity contribution is 0.343. The molecule has 0 amide bonds. The number of aromatic nitrogens is 2. The number of hydrogen-bond donors (Lipinski definition) is 0. The van der Waals surface area contributed by atoms with E-state index in [0.29, 0.717) is 10.9 Å². The summed E-state index contributed by atoms with van der Waals surface area (Å²) in [7, 11) is 1.57. The monoisotopic (exact) mass is 266 g/mol. The Balaban J connectivity index is 3.26. The minimum atomic E-state index is -0.112. The Kier molecular flexibility index (Phi) is 2.92. The maximum absolute atomic E-state index is 5.87. The normalized spacial score (nSPS) is 11.8. The average molecular weight is 268 g/mol. The molecule has 5 heteroatoms. The Morgan fingerprint density at radius 2 is 2.00 bits per heavy atom. The minimum absolute atomic E-state index is 0.112. The average Bonchev–Trinajstić information content (AvgIpc) is 2.25. The van der Waals surface area contributed by atoms with E-state index in [-0.39, 0.29) is 5.54 Å². The minimum Gasteiger partial charge on any atom is -0.491 e. The summed E-state index contributed by atoms with van der Waals surface area (Å²) in [6, 6.07) is 0. The van der Waals surface area contributed by atoms with Gasteiger partial charge in [0.15, 0.2) is 10.9 Å². The first-order valence-corrected chi connectivity index (χ1v) is 5.03. The summed E-state index contributed by atoms with van der Waals surface area (Å²) in [5.41, 5.74) is -0.112. The van der Waals surface area contributed by atoms with Gasteiger partial charge in [-0.1, -0.05) is 11.6 Å². The second-order valence-corrected chi connectivity index (χ2v) is 4.81. The Bertz CT molecular complexity index is 317. The molecule has 0 aromatic carbocycles. The number of nitrogens with zero attached hydrogens (tertiary/aromatic N) is 2. The van der Waals surface area contributed by atoms with Crippen molar-refractivity contribution in [2.45, 2.75) is 26.3 Å². The predicted molar refractivity (Wildman–Crippen MR) is 56.5 cm³/mol. The molecule has 0 spiro atoms. The summed E-state index contributed by atoms with van der Waals surface area (Å²) in [5, 5.41) is 4.54. The molecule has 3 nitrogen and oxygen atoms in total. The van der Waals surface area contributed by atoms with Gasteiger partial charge in [0.2, 0.25) is 0 Å². The van der Waals surface area contributed by atoms with Gasteiger partial charge in [0.05, 0.1) is 12.6 Å².